The van der Waals surface area contributed by atoms with E-state index in [0.717, 1.165) is 34.4 Å². The fraction of sp³-hybridized carbons (Fsp3) is 0.304. The molecular formula is C23H29N5O2. The van der Waals surface area contributed by atoms with Gasteiger partial charge in [0.15, 0.2) is 5.96 Å². The Bertz CT molecular complexity index is 940. The van der Waals surface area contributed by atoms with Crippen molar-refractivity contribution in [2.24, 2.45) is 4.99 Å². The highest BCUT2D eigenvalue weighted by Gasteiger charge is 2.09. The zero-order valence-corrected chi connectivity index (χ0v) is 17.8. The van der Waals surface area contributed by atoms with Crippen molar-refractivity contribution in [3.8, 4) is 17.0 Å². The molecule has 3 rings (SSSR count). The van der Waals surface area contributed by atoms with E-state index in [-0.39, 0.29) is 0 Å². The van der Waals surface area contributed by atoms with Gasteiger partial charge in [0.2, 0.25) is 0 Å². The van der Waals surface area contributed by atoms with E-state index in [0.29, 0.717) is 26.3 Å². The number of hydrogen-bond acceptors (Lipinski definition) is 4. The second-order valence-corrected chi connectivity index (χ2v) is 6.84. The first-order valence-electron chi connectivity index (χ1n) is 9.91. The molecule has 0 aliphatic carbocycles. The third-order valence-electron chi connectivity index (χ3n) is 4.61. The van der Waals surface area contributed by atoms with Gasteiger partial charge in [0.25, 0.3) is 0 Å². The first kappa shape index (κ1) is 21.4. The van der Waals surface area contributed by atoms with Gasteiger partial charge in [0, 0.05) is 20.6 Å². The lowest BCUT2D eigenvalue weighted by Crippen LogP contribution is -2.40. The molecule has 0 fully saturated rings. The molecule has 0 atom stereocenters. The molecule has 2 aromatic carbocycles. The number of H-pyrrole nitrogens is 1. The van der Waals surface area contributed by atoms with Gasteiger partial charge in [-0.25, -0.2) is 4.98 Å². The lowest BCUT2D eigenvalue weighted by molar-refractivity contribution is 0.125. The summed E-state index contributed by atoms with van der Waals surface area (Å²) in [6, 6.07) is 18.1. The monoisotopic (exact) mass is 407 g/mol. The summed E-state index contributed by atoms with van der Waals surface area (Å²) in [6.45, 7) is 2.40. The minimum atomic E-state index is 0.544. The highest BCUT2D eigenvalue weighted by atomic mass is 16.5. The molecule has 3 aromatic rings. The number of nitrogens with zero attached hydrogens (tertiary/aromatic N) is 3. The Balaban J connectivity index is 1.43. The van der Waals surface area contributed by atoms with Crippen LogP contribution in [0.1, 0.15) is 11.4 Å². The minimum absolute atomic E-state index is 0.544. The number of aliphatic imine (C=N–C) groups is 1. The molecule has 0 amide bonds. The second kappa shape index (κ2) is 11.0. The maximum absolute atomic E-state index is 5.75. The highest BCUT2D eigenvalue weighted by molar-refractivity contribution is 5.79. The molecular weight excluding hydrogens is 378 g/mol. The van der Waals surface area contributed by atoms with Gasteiger partial charge in [-0.15, -0.1) is 0 Å². The molecule has 0 unspecified atom stereocenters. The lowest BCUT2D eigenvalue weighted by atomic mass is 10.2. The van der Waals surface area contributed by atoms with Crippen LogP contribution in [0, 0.1) is 0 Å². The second-order valence-electron chi connectivity index (χ2n) is 6.84. The predicted molar refractivity (Wildman–Crippen MR) is 120 cm³/mol. The zero-order chi connectivity index (χ0) is 21.2. The molecule has 1 aromatic heterocycles. The number of methoxy groups -OCH3 is 1. The summed E-state index contributed by atoms with van der Waals surface area (Å²) >= 11 is 0. The van der Waals surface area contributed by atoms with Crippen LogP contribution in [0.2, 0.25) is 0 Å². The van der Waals surface area contributed by atoms with Crippen molar-refractivity contribution in [2.75, 3.05) is 34.4 Å². The molecule has 0 saturated carbocycles. The molecule has 30 heavy (non-hydrogen) atoms. The van der Waals surface area contributed by atoms with Gasteiger partial charge >= 0.3 is 0 Å². The first-order chi connectivity index (χ1) is 14.7. The number of guanidine groups is 1. The molecule has 0 saturated heterocycles. The smallest absolute Gasteiger partial charge is 0.193 e. The fourth-order valence-corrected chi connectivity index (χ4v) is 3.08. The van der Waals surface area contributed by atoms with Crippen molar-refractivity contribution in [3.05, 3.63) is 72.2 Å². The number of hydrogen-bond donors (Lipinski definition) is 2. The van der Waals surface area contributed by atoms with E-state index in [1.807, 2.05) is 60.6 Å². The predicted octanol–water partition coefficient (Wildman–Crippen LogP) is 3.31. The van der Waals surface area contributed by atoms with E-state index in [4.69, 9.17) is 9.47 Å². The zero-order valence-electron chi connectivity index (χ0n) is 17.8. The number of aromatic amines is 1. The first-order valence-corrected chi connectivity index (χ1v) is 9.91. The van der Waals surface area contributed by atoms with Crippen molar-refractivity contribution in [1.29, 1.82) is 0 Å². The summed E-state index contributed by atoms with van der Waals surface area (Å²) in [5.74, 6) is 2.51. The molecule has 7 nitrogen and oxygen atoms in total. The van der Waals surface area contributed by atoms with E-state index in [1.165, 1.54) is 0 Å². The quantitative estimate of drug-likeness (QED) is 0.323. The normalized spacial score (nSPS) is 11.4. The molecule has 1 heterocycles. The van der Waals surface area contributed by atoms with E-state index < -0.39 is 0 Å². The molecule has 2 N–H and O–H groups in total. The summed E-state index contributed by atoms with van der Waals surface area (Å²) in [5, 5.41) is 3.32. The van der Waals surface area contributed by atoms with Crippen LogP contribution in [0.5, 0.6) is 5.75 Å². The fourth-order valence-electron chi connectivity index (χ4n) is 3.08. The minimum Gasteiger partial charge on any atom is -0.497 e. The summed E-state index contributed by atoms with van der Waals surface area (Å²) in [6.07, 6.45) is 1.86. The van der Waals surface area contributed by atoms with Gasteiger partial charge in [0.1, 0.15) is 11.6 Å². The van der Waals surface area contributed by atoms with Crippen LogP contribution in [0.15, 0.2) is 65.8 Å². The van der Waals surface area contributed by atoms with E-state index in [1.54, 1.807) is 14.2 Å². The van der Waals surface area contributed by atoms with E-state index in [2.05, 4.69) is 32.4 Å². The van der Waals surface area contributed by atoms with Crippen molar-refractivity contribution in [3.63, 3.8) is 0 Å². The van der Waals surface area contributed by atoms with Crippen molar-refractivity contribution < 1.29 is 9.47 Å². The Morgan fingerprint density at radius 1 is 1.17 bits per heavy atom. The molecule has 0 bridgehead atoms. The molecule has 0 spiro atoms. The molecule has 0 radical (unpaired) electrons. The van der Waals surface area contributed by atoms with Crippen molar-refractivity contribution >= 4 is 5.96 Å². The van der Waals surface area contributed by atoms with E-state index in [9.17, 15) is 0 Å². The Morgan fingerprint density at radius 3 is 2.77 bits per heavy atom. The van der Waals surface area contributed by atoms with Gasteiger partial charge in [-0.05, 0) is 23.3 Å². The summed E-state index contributed by atoms with van der Waals surface area (Å²) in [4.78, 5) is 14.2. The van der Waals surface area contributed by atoms with Gasteiger partial charge in [0.05, 0.1) is 38.8 Å². The Morgan fingerprint density at radius 2 is 2.00 bits per heavy atom. The average Bonchev–Trinajstić information content (AvgIpc) is 3.25. The lowest BCUT2D eigenvalue weighted by Gasteiger charge is -2.21. The molecule has 0 aliphatic rings. The van der Waals surface area contributed by atoms with Crippen LogP contribution < -0.4 is 10.1 Å². The van der Waals surface area contributed by atoms with Crippen LogP contribution in [-0.2, 0) is 17.9 Å². The highest BCUT2D eigenvalue weighted by Crippen LogP contribution is 2.16. The third-order valence-corrected chi connectivity index (χ3v) is 4.61. The number of aromatic nitrogens is 2. The molecule has 158 valence electrons. The van der Waals surface area contributed by atoms with Crippen LogP contribution in [-0.4, -0.2) is 55.2 Å². The van der Waals surface area contributed by atoms with Gasteiger partial charge in [-0.1, -0.05) is 42.5 Å². The van der Waals surface area contributed by atoms with Gasteiger partial charge in [-0.2, -0.15) is 0 Å². The maximum atomic E-state index is 5.75. The summed E-state index contributed by atoms with van der Waals surface area (Å²) in [7, 11) is 5.42. The van der Waals surface area contributed by atoms with Gasteiger partial charge < -0.3 is 24.7 Å². The maximum Gasteiger partial charge on any atom is 0.193 e. The number of rotatable bonds is 9. The largest absolute Gasteiger partial charge is 0.497 e. The van der Waals surface area contributed by atoms with Crippen molar-refractivity contribution in [2.45, 2.75) is 13.2 Å². The van der Waals surface area contributed by atoms with Gasteiger partial charge in [-0.3, -0.25) is 4.99 Å². The third kappa shape index (κ3) is 6.09. The van der Waals surface area contributed by atoms with Crippen LogP contribution in [0.4, 0.5) is 0 Å². The van der Waals surface area contributed by atoms with Crippen molar-refractivity contribution in [1.82, 2.24) is 20.2 Å². The Labute approximate surface area is 177 Å². The van der Waals surface area contributed by atoms with Crippen LogP contribution in [0.3, 0.4) is 0 Å². The van der Waals surface area contributed by atoms with Crippen LogP contribution in [0.25, 0.3) is 11.3 Å². The summed E-state index contributed by atoms with van der Waals surface area (Å²) < 4.78 is 11.0. The molecule has 7 heteroatoms. The van der Waals surface area contributed by atoms with E-state index >= 15 is 0 Å². The topological polar surface area (TPSA) is 74.8 Å². The summed E-state index contributed by atoms with van der Waals surface area (Å²) in [5.41, 5.74) is 3.21. The average molecular weight is 408 g/mol. The Hall–Kier alpha value is -3.32. The number of benzene rings is 2. The SMILES string of the molecule is CN=C(NCCOCc1cccc(OC)c1)N(C)Cc1ncc(-c2ccccc2)[nH]1. The van der Waals surface area contributed by atoms with Crippen LogP contribution >= 0.6 is 0 Å². The number of imidazole rings is 1. The number of ether oxygens (including phenoxy) is 2. The standard InChI is InChI=1S/C23H29N5O2/c1-24-23(25-12-13-30-17-18-8-7-11-20(14-18)29-3)28(2)16-22-26-15-21(27-22)19-9-5-4-6-10-19/h4-11,14-15H,12-13,16-17H2,1-3H3,(H,24,25)(H,26,27). The number of nitrogens with one attached hydrogen (secondary N) is 2. The Kier molecular flexibility index (Phi) is 7.86. The molecule has 0 aliphatic heterocycles.